The molecule has 3 unspecified atom stereocenters. The van der Waals surface area contributed by atoms with Crippen LogP contribution in [0.2, 0.25) is 0 Å². The first-order chi connectivity index (χ1) is 9.09. The van der Waals surface area contributed by atoms with Crippen molar-refractivity contribution in [1.82, 2.24) is 4.90 Å². The summed E-state index contributed by atoms with van der Waals surface area (Å²) < 4.78 is 0. The van der Waals surface area contributed by atoms with Crippen molar-refractivity contribution >= 4 is 5.97 Å². The summed E-state index contributed by atoms with van der Waals surface area (Å²) in [4.78, 5) is 13.1. The molecule has 1 aromatic carbocycles. The average Bonchev–Trinajstić information content (AvgIpc) is 2.86. The van der Waals surface area contributed by atoms with Gasteiger partial charge in [-0.05, 0) is 38.3 Å². The quantitative estimate of drug-likeness (QED) is 0.853. The molecule has 3 atom stereocenters. The fourth-order valence-corrected chi connectivity index (χ4v) is 2.83. The monoisotopic (exact) mass is 263 g/mol. The van der Waals surface area contributed by atoms with Crippen molar-refractivity contribution in [3.8, 4) is 0 Å². The maximum absolute atomic E-state index is 11.1. The van der Waals surface area contributed by atoms with E-state index < -0.39 is 18.1 Å². The van der Waals surface area contributed by atoms with Gasteiger partial charge < -0.3 is 10.2 Å². The molecular weight excluding hydrogens is 242 g/mol. The largest absolute Gasteiger partial charge is 0.480 e. The van der Waals surface area contributed by atoms with Crippen molar-refractivity contribution in [2.45, 2.75) is 44.4 Å². The minimum absolute atomic E-state index is 0.154. The Morgan fingerprint density at radius 2 is 2.11 bits per heavy atom. The Bertz CT molecular complexity index is 421. The first kappa shape index (κ1) is 14.0. The van der Waals surface area contributed by atoms with Gasteiger partial charge in [-0.25, -0.2) is 0 Å². The van der Waals surface area contributed by atoms with E-state index in [0.29, 0.717) is 6.42 Å². The number of aliphatic hydroxyl groups excluding tert-OH is 1. The number of aliphatic carboxylic acids is 1. The van der Waals surface area contributed by atoms with Crippen LogP contribution in [0.5, 0.6) is 0 Å². The molecule has 4 heteroatoms. The highest BCUT2D eigenvalue weighted by atomic mass is 16.4. The number of likely N-dealkylation sites (tertiary alicyclic amines) is 1. The van der Waals surface area contributed by atoms with E-state index in [-0.39, 0.29) is 6.04 Å². The highest BCUT2D eigenvalue weighted by Crippen LogP contribution is 2.28. The smallest absolute Gasteiger partial charge is 0.320 e. The van der Waals surface area contributed by atoms with Crippen molar-refractivity contribution in [3.05, 3.63) is 35.9 Å². The molecule has 0 saturated carbocycles. The Morgan fingerprint density at radius 1 is 1.42 bits per heavy atom. The Kier molecular flexibility index (Phi) is 4.56. The summed E-state index contributed by atoms with van der Waals surface area (Å²) in [5.41, 5.74) is 0.900. The molecule has 2 N–H and O–H groups in total. The normalized spacial score (nSPS) is 23.2. The number of hydrogen-bond acceptors (Lipinski definition) is 3. The summed E-state index contributed by atoms with van der Waals surface area (Å²) in [6.07, 6.45) is 2.04. The van der Waals surface area contributed by atoms with Crippen LogP contribution < -0.4 is 0 Å². The molecule has 1 aliphatic heterocycles. The van der Waals surface area contributed by atoms with Gasteiger partial charge in [-0.2, -0.15) is 0 Å². The topological polar surface area (TPSA) is 60.8 Å². The second-order valence-electron chi connectivity index (χ2n) is 5.21. The lowest BCUT2D eigenvalue weighted by Gasteiger charge is -2.29. The number of hydrogen-bond donors (Lipinski definition) is 2. The van der Waals surface area contributed by atoms with Gasteiger partial charge in [0.25, 0.3) is 0 Å². The summed E-state index contributed by atoms with van der Waals surface area (Å²) in [6.45, 7) is 2.52. The first-order valence-electron chi connectivity index (χ1n) is 6.81. The Morgan fingerprint density at radius 3 is 2.74 bits per heavy atom. The van der Waals surface area contributed by atoms with Crippen LogP contribution in [-0.4, -0.2) is 39.7 Å². The molecule has 19 heavy (non-hydrogen) atoms. The lowest BCUT2D eigenvalue weighted by molar-refractivity contribution is -0.143. The van der Waals surface area contributed by atoms with Crippen molar-refractivity contribution in [3.63, 3.8) is 0 Å². The summed E-state index contributed by atoms with van der Waals surface area (Å²) >= 11 is 0. The van der Waals surface area contributed by atoms with Crippen LogP contribution >= 0.6 is 0 Å². The van der Waals surface area contributed by atoms with E-state index in [4.69, 9.17) is 5.11 Å². The second kappa shape index (κ2) is 6.17. The molecule has 1 heterocycles. The second-order valence-corrected chi connectivity index (χ2v) is 5.21. The highest BCUT2D eigenvalue weighted by Gasteiger charge is 2.33. The molecule has 0 radical (unpaired) electrons. The molecular formula is C15H21NO3. The lowest BCUT2D eigenvalue weighted by atomic mass is 10.00. The maximum atomic E-state index is 11.1. The summed E-state index contributed by atoms with van der Waals surface area (Å²) in [6, 6.07) is 9.23. The molecule has 0 bridgehead atoms. The van der Waals surface area contributed by atoms with Crippen LogP contribution in [0.4, 0.5) is 0 Å². The maximum Gasteiger partial charge on any atom is 0.320 e. The summed E-state index contributed by atoms with van der Waals surface area (Å²) in [5, 5.41) is 19.4. The third-order valence-corrected chi connectivity index (χ3v) is 3.96. The summed E-state index contributed by atoms with van der Waals surface area (Å²) in [5.74, 6) is -0.791. The van der Waals surface area contributed by atoms with Crippen LogP contribution in [-0.2, 0) is 4.79 Å². The summed E-state index contributed by atoms with van der Waals surface area (Å²) in [7, 11) is 0. The van der Waals surface area contributed by atoms with E-state index in [1.54, 1.807) is 6.92 Å². The molecule has 0 amide bonds. The van der Waals surface area contributed by atoms with Gasteiger partial charge in [-0.3, -0.25) is 9.69 Å². The van der Waals surface area contributed by atoms with Crippen LogP contribution in [0.1, 0.15) is 37.9 Å². The zero-order valence-corrected chi connectivity index (χ0v) is 11.2. The zero-order chi connectivity index (χ0) is 13.8. The number of nitrogens with zero attached hydrogens (tertiary/aromatic N) is 1. The minimum atomic E-state index is -0.791. The molecule has 2 rings (SSSR count). The highest BCUT2D eigenvalue weighted by molar-refractivity contribution is 5.73. The van der Waals surface area contributed by atoms with Crippen LogP contribution in [0.3, 0.4) is 0 Å². The Hall–Kier alpha value is -1.39. The lowest BCUT2D eigenvalue weighted by Crippen LogP contribution is -2.42. The average molecular weight is 263 g/mol. The van der Waals surface area contributed by atoms with Gasteiger partial charge in [-0.15, -0.1) is 0 Å². The molecule has 0 aromatic heterocycles. The van der Waals surface area contributed by atoms with E-state index >= 15 is 0 Å². The Balaban J connectivity index is 2.00. The zero-order valence-electron chi connectivity index (χ0n) is 11.2. The van der Waals surface area contributed by atoms with Crippen molar-refractivity contribution in [1.29, 1.82) is 0 Å². The molecule has 4 nitrogen and oxygen atoms in total. The predicted molar refractivity (Wildman–Crippen MR) is 72.8 cm³/mol. The molecule has 1 saturated heterocycles. The van der Waals surface area contributed by atoms with Gasteiger partial charge in [0.15, 0.2) is 0 Å². The standard InChI is InChI=1S/C15H21NO3/c1-11(15(18)19)16-9-5-8-13(16)10-14(17)12-6-3-2-4-7-12/h2-4,6-7,11,13-14,17H,5,8-10H2,1H3,(H,18,19). The van der Waals surface area contributed by atoms with Gasteiger partial charge in [0.1, 0.15) is 6.04 Å². The molecule has 1 aromatic rings. The van der Waals surface area contributed by atoms with E-state index in [2.05, 4.69) is 0 Å². The van der Waals surface area contributed by atoms with Crippen molar-refractivity contribution < 1.29 is 15.0 Å². The minimum Gasteiger partial charge on any atom is -0.480 e. The molecule has 0 spiro atoms. The van der Waals surface area contributed by atoms with Crippen LogP contribution in [0.25, 0.3) is 0 Å². The predicted octanol–water partition coefficient (Wildman–Crippen LogP) is 2.05. The SMILES string of the molecule is CC(C(=O)O)N1CCCC1CC(O)c1ccccc1. The van der Waals surface area contributed by atoms with Crippen LogP contribution in [0, 0.1) is 0 Å². The third kappa shape index (κ3) is 3.33. The van der Waals surface area contributed by atoms with Crippen LogP contribution in [0.15, 0.2) is 30.3 Å². The van der Waals surface area contributed by atoms with Gasteiger partial charge in [-0.1, -0.05) is 30.3 Å². The van der Waals surface area contributed by atoms with Gasteiger partial charge in [0.2, 0.25) is 0 Å². The number of carboxylic acids is 1. The molecule has 1 fully saturated rings. The Labute approximate surface area is 113 Å². The van der Waals surface area contributed by atoms with E-state index in [1.165, 1.54) is 0 Å². The number of aliphatic hydroxyl groups is 1. The van der Waals surface area contributed by atoms with Crippen molar-refractivity contribution in [2.75, 3.05) is 6.54 Å². The van der Waals surface area contributed by atoms with Gasteiger partial charge in [0, 0.05) is 6.04 Å². The fraction of sp³-hybridized carbons (Fsp3) is 0.533. The number of benzene rings is 1. The van der Waals surface area contributed by atoms with Gasteiger partial charge in [0.05, 0.1) is 6.10 Å². The number of rotatable bonds is 5. The third-order valence-electron chi connectivity index (χ3n) is 3.96. The van der Waals surface area contributed by atoms with Crippen molar-refractivity contribution in [2.24, 2.45) is 0 Å². The molecule has 1 aliphatic rings. The van der Waals surface area contributed by atoms with E-state index in [0.717, 1.165) is 24.9 Å². The van der Waals surface area contributed by atoms with E-state index in [9.17, 15) is 9.90 Å². The molecule has 104 valence electrons. The molecule has 0 aliphatic carbocycles. The first-order valence-corrected chi connectivity index (χ1v) is 6.81. The van der Waals surface area contributed by atoms with Gasteiger partial charge >= 0.3 is 5.97 Å². The number of carboxylic acid groups (broad SMARTS) is 1. The fourth-order valence-electron chi connectivity index (χ4n) is 2.83. The van der Waals surface area contributed by atoms with E-state index in [1.807, 2.05) is 35.2 Å². The number of carbonyl (C=O) groups is 1.